The zero-order valence-electron chi connectivity index (χ0n) is 10.00. The lowest BCUT2D eigenvalue weighted by molar-refractivity contribution is 0.251. The lowest BCUT2D eigenvalue weighted by Crippen LogP contribution is -2.43. The Morgan fingerprint density at radius 2 is 2.12 bits per heavy atom. The summed E-state index contributed by atoms with van der Waals surface area (Å²) in [5, 5.41) is 3.61. The van der Waals surface area contributed by atoms with E-state index in [-0.39, 0.29) is 5.54 Å². The molecule has 0 spiro atoms. The number of nitrogens with one attached hydrogen (secondary N) is 1. The predicted octanol–water partition coefficient (Wildman–Crippen LogP) is 2.48. The van der Waals surface area contributed by atoms with Crippen LogP contribution in [0.15, 0.2) is 18.3 Å². The minimum absolute atomic E-state index is 0.280. The summed E-state index contributed by atoms with van der Waals surface area (Å²) in [5.74, 6) is 0. The van der Waals surface area contributed by atoms with Crippen LogP contribution in [0.3, 0.4) is 0 Å². The Bertz CT molecular complexity index is 343. The molecule has 1 aromatic heterocycles. The lowest BCUT2D eigenvalue weighted by atomic mass is 9.83. The summed E-state index contributed by atoms with van der Waals surface area (Å²) >= 11 is 0. The van der Waals surface area contributed by atoms with Gasteiger partial charge in [0.05, 0.1) is 11.4 Å². The number of anilines is 1. The van der Waals surface area contributed by atoms with Gasteiger partial charge in [-0.15, -0.1) is 0 Å². The minimum Gasteiger partial charge on any atom is -0.397 e. The van der Waals surface area contributed by atoms with Gasteiger partial charge in [0, 0.05) is 18.3 Å². The smallest absolute Gasteiger partial charge is 0.0770 e. The van der Waals surface area contributed by atoms with Gasteiger partial charge in [0.25, 0.3) is 0 Å². The fourth-order valence-corrected chi connectivity index (χ4v) is 2.40. The van der Waals surface area contributed by atoms with E-state index in [4.69, 9.17) is 5.73 Å². The maximum Gasteiger partial charge on any atom is 0.0770 e. The Hall–Kier alpha value is -1.09. The van der Waals surface area contributed by atoms with Gasteiger partial charge in [0.1, 0.15) is 0 Å². The molecule has 1 heterocycles. The number of aromatic nitrogens is 1. The van der Waals surface area contributed by atoms with Crippen LogP contribution in [-0.2, 0) is 6.54 Å². The summed E-state index contributed by atoms with van der Waals surface area (Å²) in [4.78, 5) is 4.31. The summed E-state index contributed by atoms with van der Waals surface area (Å²) in [6.45, 7) is 3.09. The molecule has 16 heavy (non-hydrogen) atoms. The Labute approximate surface area is 97.5 Å². The highest BCUT2D eigenvalue weighted by Crippen LogP contribution is 2.27. The fourth-order valence-electron chi connectivity index (χ4n) is 2.40. The molecule has 88 valence electrons. The van der Waals surface area contributed by atoms with Crippen molar-refractivity contribution >= 4 is 5.69 Å². The van der Waals surface area contributed by atoms with Crippen LogP contribution >= 0.6 is 0 Å². The van der Waals surface area contributed by atoms with Crippen molar-refractivity contribution in [3.05, 3.63) is 24.0 Å². The average Bonchev–Trinajstić information content (AvgIpc) is 2.29. The van der Waals surface area contributed by atoms with E-state index in [0.717, 1.165) is 17.9 Å². The Kier molecular flexibility index (Phi) is 3.44. The van der Waals surface area contributed by atoms with Gasteiger partial charge in [0.15, 0.2) is 0 Å². The van der Waals surface area contributed by atoms with Crippen LogP contribution < -0.4 is 11.1 Å². The Balaban J connectivity index is 1.94. The van der Waals surface area contributed by atoms with Crippen LogP contribution in [0.25, 0.3) is 0 Å². The fraction of sp³-hybridized carbons (Fsp3) is 0.615. The third-order valence-corrected chi connectivity index (χ3v) is 3.57. The Morgan fingerprint density at radius 1 is 1.38 bits per heavy atom. The summed E-state index contributed by atoms with van der Waals surface area (Å²) in [6.07, 6.45) is 8.38. The monoisotopic (exact) mass is 219 g/mol. The number of pyridine rings is 1. The lowest BCUT2D eigenvalue weighted by Gasteiger charge is -2.34. The predicted molar refractivity (Wildman–Crippen MR) is 67.0 cm³/mol. The van der Waals surface area contributed by atoms with Gasteiger partial charge >= 0.3 is 0 Å². The van der Waals surface area contributed by atoms with Gasteiger partial charge in [-0.3, -0.25) is 4.98 Å². The first-order valence-electron chi connectivity index (χ1n) is 6.14. The second-order valence-electron chi connectivity index (χ2n) is 5.01. The number of nitrogens with two attached hydrogens (primary N) is 1. The topological polar surface area (TPSA) is 50.9 Å². The summed E-state index contributed by atoms with van der Waals surface area (Å²) in [5.41, 5.74) is 7.91. The SMILES string of the molecule is CC1(NCc2ncccc2N)CCCCC1. The van der Waals surface area contributed by atoms with Crippen molar-refractivity contribution in [3.8, 4) is 0 Å². The minimum atomic E-state index is 0.280. The van der Waals surface area contributed by atoms with Crippen molar-refractivity contribution in [2.24, 2.45) is 0 Å². The molecule has 0 bridgehead atoms. The molecule has 1 fully saturated rings. The van der Waals surface area contributed by atoms with Crippen LogP contribution in [0, 0.1) is 0 Å². The molecule has 3 N–H and O–H groups in total. The van der Waals surface area contributed by atoms with E-state index in [0.29, 0.717) is 0 Å². The zero-order valence-corrected chi connectivity index (χ0v) is 10.00. The molecule has 0 amide bonds. The van der Waals surface area contributed by atoms with Gasteiger partial charge in [-0.2, -0.15) is 0 Å². The van der Waals surface area contributed by atoms with E-state index in [1.54, 1.807) is 6.20 Å². The number of hydrogen-bond donors (Lipinski definition) is 2. The molecule has 1 saturated carbocycles. The van der Waals surface area contributed by atoms with Gasteiger partial charge in [-0.25, -0.2) is 0 Å². The first kappa shape index (κ1) is 11.4. The van der Waals surface area contributed by atoms with Crippen molar-refractivity contribution < 1.29 is 0 Å². The molecular formula is C13H21N3. The molecule has 0 radical (unpaired) electrons. The largest absolute Gasteiger partial charge is 0.397 e. The van der Waals surface area contributed by atoms with Gasteiger partial charge < -0.3 is 11.1 Å². The molecule has 0 atom stereocenters. The second-order valence-corrected chi connectivity index (χ2v) is 5.01. The maximum absolute atomic E-state index is 5.88. The molecule has 2 rings (SSSR count). The average molecular weight is 219 g/mol. The van der Waals surface area contributed by atoms with E-state index in [1.165, 1.54) is 32.1 Å². The first-order valence-corrected chi connectivity index (χ1v) is 6.14. The molecule has 3 nitrogen and oxygen atoms in total. The van der Waals surface area contributed by atoms with Crippen molar-refractivity contribution in [1.82, 2.24) is 10.3 Å². The van der Waals surface area contributed by atoms with Crippen molar-refractivity contribution in [1.29, 1.82) is 0 Å². The first-order chi connectivity index (χ1) is 7.70. The zero-order chi connectivity index (χ0) is 11.4. The summed E-state index contributed by atoms with van der Waals surface area (Å²) < 4.78 is 0. The van der Waals surface area contributed by atoms with Crippen molar-refractivity contribution in [2.45, 2.75) is 51.1 Å². The van der Waals surface area contributed by atoms with E-state index in [2.05, 4.69) is 17.2 Å². The highest BCUT2D eigenvalue weighted by molar-refractivity contribution is 5.41. The quantitative estimate of drug-likeness (QED) is 0.821. The normalized spacial score (nSPS) is 19.6. The molecule has 1 aliphatic rings. The molecule has 0 aliphatic heterocycles. The van der Waals surface area contributed by atoms with Gasteiger partial charge in [0.2, 0.25) is 0 Å². The van der Waals surface area contributed by atoms with Crippen LogP contribution in [0.4, 0.5) is 5.69 Å². The summed E-state index contributed by atoms with van der Waals surface area (Å²) in [6, 6.07) is 3.79. The molecule has 0 saturated heterocycles. The molecule has 3 heteroatoms. The molecule has 0 aromatic carbocycles. The highest BCUT2D eigenvalue weighted by atomic mass is 15.0. The molecule has 1 aliphatic carbocycles. The Morgan fingerprint density at radius 3 is 2.81 bits per heavy atom. The molecule has 0 unspecified atom stereocenters. The van der Waals surface area contributed by atoms with Crippen LogP contribution in [-0.4, -0.2) is 10.5 Å². The van der Waals surface area contributed by atoms with Crippen LogP contribution in [0.2, 0.25) is 0 Å². The van der Waals surface area contributed by atoms with E-state index < -0.39 is 0 Å². The maximum atomic E-state index is 5.88. The third kappa shape index (κ3) is 2.73. The van der Waals surface area contributed by atoms with Crippen LogP contribution in [0.5, 0.6) is 0 Å². The van der Waals surface area contributed by atoms with Gasteiger partial charge in [-0.1, -0.05) is 19.3 Å². The molecule has 1 aromatic rings. The number of nitrogens with zero attached hydrogens (tertiary/aromatic N) is 1. The number of hydrogen-bond acceptors (Lipinski definition) is 3. The number of nitrogen functional groups attached to an aromatic ring is 1. The van der Waals surface area contributed by atoms with Crippen molar-refractivity contribution in [2.75, 3.05) is 5.73 Å². The van der Waals surface area contributed by atoms with E-state index in [9.17, 15) is 0 Å². The second kappa shape index (κ2) is 4.83. The summed E-state index contributed by atoms with van der Waals surface area (Å²) in [7, 11) is 0. The van der Waals surface area contributed by atoms with Crippen LogP contribution in [0.1, 0.15) is 44.7 Å². The van der Waals surface area contributed by atoms with E-state index in [1.807, 2.05) is 12.1 Å². The van der Waals surface area contributed by atoms with Crippen molar-refractivity contribution in [3.63, 3.8) is 0 Å². The third-order valence-electron chi connectivity index (χ3n) is 3.57. The van der Waals surface area contributed by atoms with E-state index >= 15 is 0 Å². The van der Waals surface area contributed by atoms with Gasteiger partial charge in [-0.05, 0) is 31.9 Å². The molecular weight excluding hydrogens is 198 g/mol. The standard InChI is InChI=1S/C13H21N3/c1-13(7-3-2-4-8-13)16-10-12-11(14)6-5-9-15-12/h5-6,9,16H,2-4,7-8,10,14H2,1H3. The highest BCUT2D eigenvalue weighted by Gasteiger charge is 2.25. The number of rotatable bonds is 3.